The fourth-order valence-corrected chi connectivity index (χ4v) is 2.15. The zero-order valence-electron chi connectivity index (χ0n) is 11.5. The smallest absolute Gasteiger partial charge is 0.119 e. The molecule has 0 amide bonds. The third-order valence-corrected chi connectivity index (χ3v) is 3.61. The molecule has 1 atom stereocenters. The lowest BCUT2D eigenvalue weighted by Crippen LogP contribution is -2.40. The largest absolute Gasteiger partial charge is 0.372 e. The third-order valence-electron chi connectivity index (χ3n) is 2.79. The molecule has 17 heavy (non-hydrogen) atoms. The molecule has 0 saturated heterocycles. The van der Waals surface area contributed by atoms with E-state index in [-0.39, 0.29) is 11.0 Å². The van der Waals surface area contributed by atoms with E-state index in [0.717, 1.165) is 17.1 Å². The molecule has 2 N–H and O–H groups in total. The molecule has 4 heteroatoms. The van der Waals surface area contributed by atoms with Crippen LogP contribution in [-0.4, -0.2) is 17.1 Å². The summed E-state index contributed by atoms with van der Waals surface area (Å²) in [7, 11) is 0. The van der Waals surface area contributed by atoms with Crippen molar-refractivity contribution in [1.29, 1.82) is 0 Å². The summed E-state index contributed by atoms with van der Waals surface area (Å²) >= 11 is 1.66. The molecule has 3 nitrogen and oxygen atoms in total. The van der Waals surface area contributed by atoms with Gasteiger partial charge in [0, 0.05) is 16.3 Å². The van der Waals surface area contributed by atoms with E-state index in [1.165, 1.54) is 0 Å². The van der Waals surface area contributed by atoms with Crippen molar-refractivity contribution in [2.75, 3.05) is 6.61 Å². The Morgan fingerprint density at radius 2 is 2.00 bits per heavy atom. The third kappa shape index (κ3) is 4.74. The molecule has 1 unspecified atom stereocenters. The van der Waals surface area contributed by atoms with Gasteiger partial charge in [-0.25, -0.2) is 4.98 Å². The van der Waals surface area contributed by atoms with Gasteiger partial charge in [-0.2, -0.15) is 0 Å². The van der Waals surface area contributed by atoms with Gasteiger partial charge in [0.15, 0.2) is 0 Å². The van der Waals surface area contributed by atoms with Gasteiger partial charge < -0.3 is 10.5 Å². The van der Waals surface area contributed by atoms with Crippen molar-refractivity contribution in [3.63, 3.8) is 0 Å². The number of aromatic nitrogens is 1. The van der Waals surface area contributed by atoms with Crippen molar-refractivity contribution in [2.24, 2.45) is 5.73 Å². The van der Waals surface area contributed by atoms with Crippen molar-refractivity contribution >= 4 is 11.3 Å². The highest BCUT2D eigenvalue weighted by Crippen LogP contribution is 2.24. The van der Waals surface area contributed by atoms with E-state index in [4.69, 9.17) is 10.5 Å². The normalized spacial score (nSPS) is 15.9. The predicted molar refractivity (Wildman–Crippen MR) is 73.4 cm³/mol. The van der Waals surface area contributed by atoms with Gasteiger partial charge in [-0.3, -0.25) is 0 Å². The molecular weight excluding hydrogens is 232 g/mol. The van der Waals surface area contributed by atoms with E-state index in [1.54, 1.807) is 11.3 Å². The number of nitrogens with two attached hydrogens (primary N) is 1. The van der Waals surface area contributed by atoms with E-state index in [1.807, 2.05) is 6.92 Å². The Kier molecular flexibility index (Phi) is 4.69. The number of hydrogen-bond acceptors (Lipinski definition) is 4. The van der Waals surface area contributed by atoms with Crippen LogP contribution >= 0.6 is 11.3 Å². The molecule has 98 valence electrons. The van der Waals surface area contributed by atoms with E-state index in [2.05, 4.69) is 38.1 Å². The quantitative estimate of drug-likeness (QED) is 0.880. The lowest BCUT2D eigenvalue weighted by Gasteiger charge is -2.21. The van der Waals surface area contributed by atoms with Crippen molar-refractivity contribution in [3.8, 4) is 0 Å². The summed E-state index contributed by atoms with van der Waals surface area (Å²) in [6.07, 6.45) is 0.915. The fourth-order valence-electron chi connectivity index (χ4n) is 1.20. The Bertz CT molecular complexity index is 353. The number of thiazole rings is 1. The molecule has 1 aromatic rings. The number of ether oxygens (including phenoxy) is 1. The molecule has 1 aromatic heterocycles. The minimum Gasteiger partial charge on any atom is -0.372 e. The molecule has 0 fully saturated rings. The SMILES string of the molecule is CCC(C)(N)COCc1nc(C(C)(C)C)cs1. The van der Waals surface area contributed by atoms with Crippen LogP contribution in [0, 0.1) is 0 Å². The van der Waals surface area contributed by atoms with Crippen molar-refractivity contribution in [1.82, 2.24) is 4.98 Å². The van der Waals surface area contributed by atoms with Crippen LogP contribution in [0.2, 0.25) is 0 Å². The number of nitrogens with zero attached hydrogens (tertiary/aromatic N) is 1. The summed E-state index contributed by atoms with van der Waals surface area (Å²) in [5, 5.41) is 3.14. The highest BCUT2D eigenvalue weighted by molar-refractivity contribution is 7.09. The van der Waals surface area contributed by atoms with Crippen LogP contribution in [0.5, 0.6) is 0 Å². The first-order chi connectivity index (χ1) is 7.74. The van der Waals surface area contributed by atoms with Crippen LogP contribution in [0.15, 0.2) is 5.38 Å². The van der Waals surface area contributed by atoms with Crippen LogP contribution in [-0.2, 0) is 16.8 Å². The van der Waals surface area contributed by atoms with Crippen LogP contribution in [0.25, 0.3) is 0 Å². The van der Waals surface area contributed by atoms with Crippen molar-refractivity contribution in [3.05, 3.63) is 16.1 Å². The summed E-state index contributed by atoms with van der Waals surface area (Å²) in [6, 6.07) is 0. The van der Waals surface area contributed by atoms with Crippen LogP contribution in [0.3, 0.4) is 0 Å². The summed E-state index contributed by atoms with van der Waals surface area (Å²) in [5.74, 6) is 0. The summed E-state index contributed by atoms with van der Waals surface area (Å²) < 4.78 is 5.62. The molecule has 1 rings (SSSR count). The standard InChI is InChI=1S/C13H24N2OS/c1-6-13(5,14)9-16-7-11-15-10(8-17-11)12(2,3)4/h8H,6-7,9,14H2,1-5H3. The van der Waals surface area contributed by atoms with Crippen molar-refractivity contribution < 1.29 is 4.74 Å². The van der Waals surface area contributed by atoms with Gasteiger partial charge in [0.25, 0.3) is 0 Å². The van der Waals surface area contributed by atoms with Crippen LogP contribution < -0.4 is 5.73 Å². The fraction of sp³-hybridized carbons (Fsp3) is 0.769. The van der Waals surface area contributed by atoms with Crippen molar-refractivity contribution in [2.45, 2.75) is 58.6 Å². The minimum atomic E-state index is -0.232. The first-order valence-electron chi connectivity index (χ1n) is 6.06. The Balaban J connectivity index is 2.46. The average molecular weight is 256 g/mol. The molecular formula is C13H24N2OS. The Hall–Kier alpha value is -0.450. The van der Waals surface area contributed by atoms with E-state index >= 15 is 0 Å². The number of hydrogen-bond donors (Lipinski definition) is 1. The topological polar surface area (TPSA) is 48.1 Å². The average Bonchev–Trinajstić information content (AvgIpc) is 2.66. The van der Waals surface area contributed by atoms with Crippen LogP contribution in [0.4, 0.5) is 0 Å². The van der Waals surface area contributed by atoms with E-state index in [9.17, 15) is 0 Å². The molecule has 0 aliphatic rings. The van der Waals surface area contributed by atoms with Gasteiger partial charge in [-0.15, -0.1) is 11.3 Å². The number of rotatable bonds is 5. The lowest BCUT2D eigenvalue weighted by atomic mass is 9.93. The Morgan fingerprint density at radius 1 is 1.35 bits per heavy atom. The van der Waals surface area contributed by atoms with Gasteiger partial charge in [0.1, 0.15) is 5.01 Å². The summed E-state index contributed by atoms with van der Waals surface area (Å²) in [5.41, 5.74) is 7.02. The molecule has 0 radical (unpaired) electrons. The molecule has 0 aliphatic carbocycles. The maximum absolute atomic E-state index is 6.01. The van der Waals surface area contributed by atoms with Gasteiger partial charge in [-0.05, 0) is 13.3 Å². The second-order valence-corrected chi connectivity index (χ2v) is 6.82. The molecule has 0 spiro atoms. The minimum absolute atomic E-state index is 0.112. The molecule has 0 saturated carbocycles. The zero-order chi connectivity index (χ0) is 13.1. The molecule has 0 bridgehead atoms. The second kappa shape index (κ2) is 5.46. The van der Waals surface area contributed by atoms with E-state index < -0.39 is 0 Å². The molecule has 1 heterocycles. The zero-order valence-corrected chi connectivity index (χ0v) is 12.4. The summed E-state index contributed by atoms with van der Waals surface area (Å²) in [6.45, 7) is 11.7. The monoisotopic (exact) mass is 256 g/mol. The van der Waals surface area contributed by atoms with Gasteiger partial charge >= 0.3 is 0 Å². The highest BCUT2D eigenvalue weighted by atomic mass is 32.1. The molecule has 0 aromatic carbocycles. The molecule has 0 aliphatic heterocycles. The Labute approximate surface area is 108 Å². The van der Waals surface area contributed by atoms with Gasteiger partial charge in [0.2, 0.25) is 0 Å². The summed E-state index contributed by atoms with van der Waals surface area (Å²) in [4.78, 5) is 4.58. The first kappa shape index (κ1) is 14.6. The highest BCUT2D eigenvalue weighted by Gasteiger charge is 2.18. The predicted octanol–water partition coefficient (Wildman–Crippen LogP) is 3.08. The maximum atomic E-state index is 6.01. The van der Waals surface area contributed by atoms with Gasteiger partial charge in [-0.1, -0.05) is 27.7 Å². The first-order valence-corrected chi connectivity index (χ1v) is 6.94. The van der Waals surface area contributed by atoms with E-state index in [0.29, 0.717) is 13.2 Å². The second-order valence-electron chi connectivity index (χ2n) is 5.88. The van der Waals surface area contributed by atoms with Crippen LogP contribution in [0.1, 0.15) is 51.7 Å². The lowest BCUT2D eigenvalue weighted by molar-refractivity contribution is 0.0775. The van der Waals surface area contributed by atoms with Gasteiger partial charge in [0.05, 0.1) is 18.9 Å². The Morgan fingerprint density at radius 3 is 2.47 bits per heavy atom. The maximum Gasteiger partial charge on any atom is 0.119 e.